The maximum absolute atomic E-state index is 14.0. The van der Waals surface area contributed by atoms with E-state index in [0.29, 0.717) is 12.2 Å². The van der Waals surface area contributed by atoms with Crippen LogP contribution in [0.15, 0.2) is 22.7 Å². The molecule has 0 heterocycles. The molecular weight excluding hydrogens is 311 g/mol. The first-order chi connectivity index (χ1) is 8.81. The molecule has 2 unspecified atom stereocenters. The molecule has 0 aliphatic rings. The summed E-state index contributed by atoms with van der Waals surface area (Å²) >= 11 is 3.36. The summed E-state index contributed by atoms with van der Waals surface area (Å²) in [6.07, 6.45) is -0.230. The van der Waals surface area contributed by atoms with Crippen LogP contribution in [0.4, 0.5) is 4.39 Å². The molecule has 5 heteroatoms. The minimum atomic E-state index is -0.405. The SMILES string of the molecule is CCOC(C(NN)c1cc(Br)ccc1F)C(C)(C)C. The highest BCUT2D eigenvalue weighted by Crippen LogP contribution is 2.34. The molecule has 0 aliphatic carbocycles. The number of halogens is 2. The first-order valence-corrected chi connectivity index (χ1v) is 7.13. The molecule has 3 nitrogen and oxygen atoms in total. The molecule has 19 heavy (non-hydrogen) atoms. The average Bonchev–Trinajstić information content (AvgIpc) is 2.32. The van der Waals surface area contributed by atoms with E-state index in [2.05, 4.69) is 21.4 Å². The number of rotatable bonds is 5. The molecule has 0 saturated heterocycles. The molecule has 3 N–H and O–H groups in total. The Morgan fingerprint density at radius 3 is 2.53 bits per heavy atom. The molecule has 0 amide bonds. The predicted molar refractivity (Wildman–Crippen MR) is 79.0 cm³/mol. The molecule has 2 atom stereocenters. The van der Waals surface area contributed by atoms with Crippen LogP contribution in [-0.2, 0) is 4.74 Å². The number of benzene rings is 1. The molecule has 1 aromatic carbocycles. The van der Waals surface area contributed by atoms with E-state index >= 15 is 0 Å². The van der Waals surface area contributed by atoms with Gasteiger partial charge in [0.25, 0.3) is 0 Å². The van der Waals surface area contributed by atoms with Crippen molar-refractivity contribution in [2.24, 2.45) is 11.3 Å². The van der Waals surface area contributed by atoms with Gasteiger partial charge in [-0.2, -0.15) is 0 Å². The summed E-state index contributed by atoms with van der Waals surface area (Å²) in [5.74, 6) is 5.35. The maximum Gasteiger partial charge on any atom is 0.128 e. The summed E-state index contributed by atoms with van der Waals surface area (Å²) < 4.78 is 20.6. The van der Waals surface area contributed by atoms with Crippen LogP contribution in [0.3, 0.4) is 0 Å². The predicted octanol–water partition coefficient (Wildman–Crippen LogP) is 3.54. The van der Waals surface area contributed by atoms with E-state index < -0.39 is 6.04 Å². The lowest BCUT2D eigenvalue weighted by atomic mass is 9.82. The van der Waals surface area contributed by atoms with Crippen molar-refractivity contribution < 1.29 is 9.13 Å². The average molecular weight is 333 g/mol. The van der Waals surface area contributed by atoms with Crippen molar-refractivity contribution in [1.29, 1.82) is 0 Å². The van der Waals surface area contributed by atoms with Crippen LogP contribution in [0, 0.1) is 11.2 Å². The van der Waals surface area contributed by atoms with Crippen molar-refractivity contribution in [3.63, 3.8) is 0 Å². The zero-order valence-corrected chi connectivity index (χ0v) is 13.4. The van der Waals surface area contributed by atoms with Crippen LogP contribution in [0.2, 0.25) is 0 Å². The number of nitrogens with one attached hydrogen (secondary N) is 1. The van der Waals surface area contributed by atoms with Gasteiger partial charge in [0.15, 0.2) is 0 Å². The third-order valence-corrected chi connectivity index (χ3v) is 3.47. The molecule has 0 saturated carbocycles. The third kappa shape index (κ3) is 4.24. The standard InChI is InChI=1S/C14H22BrFN2O/c1-5-19-13(14(2,3)4)12(18-17)10-8-9(15)6-7-11(10)16/h6-8,12-13,18H,5,17H2,1-4H3. The maximum atomic E-state index is 14.0. The van der Waals surface area contributed by atoms with Gasteiger partial charge >= 0.3 is 0 Å². The molecule has 0 radical (unpaired) electrons. The van der Waals surface area contributed by atoms with E-state index in [0.717, 1.165) is 4.47 Å². The van der Waals surface area contributed by atoms with E-state index in [1.165, 1.54) is 6.07 Å². The summed E-state index contributed by atoms with van der Waals surface area (Å²) in [7, 11) is 0. The van der Waals surface area contributed by atoms with E-state index in [4.69, 9.17) is 10.6 Å². The highest BCUT2D eigenvalue weighted by molar-refractivity contribution is 9.10. The fraction of sp³-hybridized carbons (Fsp3) is 0.571. The Hall–Kier alpha value is -0.490. The zero-order chi connectivity index (χ0) is 14.6. The van der Waals surface area contributed by atoms with Gasteiger partial charge < -0.3 is 4.74 Å². The van der Waals surface area contributed by atoms with Crippen molar-refractivity contribution in [3.8, 4) is 0 Å². The number of ether oxygens (including phenoxy) is 1. The van der Waals surface area contributed by atoms with E-state index in [9.17, 15) is 4.39 Å². The topological polar surface area (TPSA) is 47.3 Å². The Kier molecular flexibility index (Phi) is 5.92. The van der Waals surface area contributed by atoms with Gasteiger partial charge in [0.2, 0.25) is 0 Å². The zero-order valence-electron chi connectivity index (χ0n) is 11.8. The van der Waals surface area contributed by atoms with Crippen molar-refractivity contribution in [2.75, 3.05) is 6.61 Å². The normalized spacial score (nSPS) is 15.3. The lowest BCUT2D eigenvalue weighted by molar-refractivity contribution is -0.0373. The van der Waals surface area contributed by atoms with Crippen molar-refractivity contribution >= 4 is 15.9 Å². The van der Waals surface area contributed by atoms with Gasteiger partial charge in [0.05, 0.1) is 12.1 Å². The Labute approximate surface area is 122 Å². The molecular formula is C14H22BrFN2O. The van der Waals surface area contributed by atoms with Crippen LogP contribution in [0.25, 0.3) is 0 Å². The molecule has 108 valence electrons. The summed E-state index contributed by atoms with van der Waals surface area (Å²) in [6.45, 7) is 8.62. The Morgan fingerprint density at radius 1 is 1.42 bits per heavy atom. The fourth-order valence-electron chi connectivity index (χ4n) is 2.12. The number of nitrogens with two attached hydrogens (primary N) is 1. The van der Waals surface area contributed by atoms with E-state index in [1.807, 2.05) is 27.7 Å². The van der Waals surface area contributed by atoms with Gasteiger partial charge in [0, 0.05) is 16.6 Å². The van der Waals surface area contributed by atoms with Crippen LogP contribution in [0.5, 0.6) is 0 Å². The fourth-order valence-corrected chi connectivity index (χ4v) is 2.50. The van der Waals surface area contributed by atoms with Crippen LogP contribution >= 0.6 is 15.9 Å². The molecule has 0 aliphatic heterocycles. The summed E-state index contributed by atoms with van der Waals surface area (Å²) in [6, 6.07) is 4.42. The second-order valence-corrected chi connectivity index (χ2v) is 6.47. The van der Waals surface area contributed by atoms with Gasteiger partial charge in [-0.1, -0.05) is 36.7 Å². The minimum Gasteiger partial charge on any atom is -0.376 e. The van der Waals surface area contributed by atoms with Crippen molar-refractivity contribution in [3.05, 3.63) is 34.1 Å². The highest BCUT2D eigenvalue weighted by atomic mass is 79.9. The third-order valence-electron chi connectivity index (χ3n) is 2.98. The highest BCUT2D eigenvalue weighted by Gasteiger charge is 2.34. The van der Waals surface area contributed by atoms with E-state index in [-0.39, 0.29) is 17.3 Å². The van der Waals surface area contributed by atoms with Gasteiger partial charge in [-0.25, -0.2) is 4.39 Å². The quantitative estimate of drug-likeness (QED) is 0.640. The Bertz CT molecular complexity index is 420. The second kappa shape index (κ2) is 6.79. The molecule has 0 spiro atoms. The van der Waals surface area contributed by atoms with Crippen LogP contribution in [-0.4, -0.2) is 12.7 Å². The summed E-state index contributed by atoms with van der Waals surface area (Å²) in [5, 5.41) is 0. The lowest BCUT2D eigenvalue weighted by Gasteiger charge is -2.36. The second-order valence-electron chi connectivity index (χ2n) is 5.55. The molecule has 0 bridgehead atoms. The van der Waals surface area contributed by atoms with Crippen LogP contribution < -0.4 is 11.3 Å². The largest absolute Gasteiger partial charge is 0.376 e. The summed E-state index contributed by atoms with van der Waals surface area (Å²) in [4.78, 5) is 0. The van der Waals surface area contributed by atoms with Gasteiger partial charge in [-0.05, 0) is 30.5 Å². The summed E-state index contributed by atoms with van der Waals surface area (Å²) in [5.41, 5.74) is 3.03. The number of hydrogen-bond acceptors (Lipinski definition) is 3. The Morgan fingerprint density at radius 2 is 2.05 bits per heavy atom. The number of hydrogen-bond donors (Lipinski definition) is 2. The molecule has 0 fully saturated rings. The van der Waals surface area contributed by atoms with Gasteiger partial charge in [0.1, 0.15) is 5.82 Å². The van der Waals surface area contributed by atoms with Gasteiger partial charge in [-0.15, -0.1) is 0 Å². The van der Waals surface area contributed by atoms with Gasteiger partial charge in [-0.3, -0.25) is 11.3 Å². The number of hydrazine groups is 1. The Balaban J connectivity index is 3.19. The van der Waals surface area contributed by atoms with Crippen LogP contribution in [0.1, 0.15) is 39.3 Å². The minimum absolute atomic E-state index is 0.165. The van der Waals surface area contributed by atoms with E-state index in [1.54, 1.807) is 12.1 Å². The first kappa shape index (κ1) is 16.6. The lowest BCUT2D eigenvalue weighted by Crippen LogP contribution is -2.45. The first-order valence-electron chi connectivity index (χ1n) is 6.34. The van der Waals surface area contributed by atoms with Crippen molar-refractivity contribution in [2.45, 2.75) is 39.8 Å². The molecule has 0 aromatic heterocycles. The molecule has 1 rings (SSSR count). The van der Waals surface area contributed by atoms with Crippen molar-refractivity contribution in [1.82, 2.24) is 5.43 Å². The smallest absolute Gasteiger partial charge is 0.128 e. The monoisotopic (exact) mass is 332 g/mol. The molecule has 1 aromatic rings.